The van der Waals surface area contributed by atoms with Crippen molar-refractivity contribution in [3.63, 3.8) is 0 Å². The van der Waals surface area contributed by atoms with E-state index in [2.05, 4.69) is 20.6 Å². The number of benzene rings is 1. The predicted molar refractivity (Wildman–Crippen MR) is 71.1 cm³/mol. The molecule has 1 aromatic heterocycles. The molecule has 0 unspecified atom stereocenters. The number of aromatic nitrogens is 2. The quantitative estimate of drug-likeness (QED) is 0.876. The van der Waals surface area contributed by atoms with Crippen LogP contribution in [0.5, 0.6) is 0 Å². The molecule has 0 bridgehead atoms. The van der Waals surface area contributed by atoms with E-state index in [1.165, 1.54) is 5.56 Å². The van der Waals surface area contributed by atoms with E-state index >= 15 is 0 Å². The van der Waals surface area contributed by atoms with Crippen LogP contribution in [0.1, 0.15) is 5.56 Å². The van der Waals surface area contributed by atoms with Gasteiger partial charge in [-0.25, -0.2) is 4.98 Å². The zero-order chi connectivity index (χ0) is 12.3. The summed E-state index contributed by atoms with van der Waals surface area (Å²) in [6.07, 6.45) is 1.57. The number of anilines is 3. The Hall–Kier alpha value is -1.81. The SMILES string of the molecule is CNc1ncc(Cl)c(Nc2ccc(C)cc2)n1. The smallest absolute Gasteiger partial charge is 0.224 e. The fourth-order valence-corrected chi connectivity index (χ4v) is 1.49. The molecule has 0 atom stereocenters. The van der Waals surface area contributed by atoms with Gasteiger partial charge in [0.2, 0.25) is 5.95 Å². The van der Waals surface area contributed by atoms with Crippen molar-refractivity contribution in [2.45, 2.75) is 6.92 Å². The Bertz CT molecular complexity index is 510. The van der Waals surface area contributed by atoms with Crippen molar-refractivity contribution in [2.75, 3.05) is 17.7 Å². The van der Waals surface area contributed by atoms with Crippen LogP contribution in [-0.4, -0.2) is 17.0 Å². The molecule has 2 aromatic rings. The van der Waals surface area contributed by atoms with E-state index in [0.717, 1.165) is 5.69 Å². The molecule has 0 spiro atoms. The zero-order valence-electron chi connectivity index (χ0n) is 9.66. The number of halogens is 1. The Balaban J connectivity index is 2.25. The van der Waals surface area contributed by atoms with Gasteiger partial charge in [0.15, 0.2) is 5.82 Å². The van der Waals surface area contributed by atoms with E-state index in [1.807, 2.05) is 31.2 Å². The molecule has 17 heavy (non-hydrogen) atoms. The Morgan fingerprint density at radius 3 is 2.53 bits per heavy atom. The number of nitrogens with zero attached hydrogens (tertiary/aromatic N) is 2. The molecule has 0 aliphatic rings. The van der Waals surface area contributed by atoms with Gasteiger partial charge in [0.25, 0.3) is 0 Å². The highest BCUT2D eigenvalue weighted by Crippen LogP contribution is 2.23. The van der Waals surface area contributed by atoms with Gasteiger partial charge in [0.05, 0.1) is 6.20 Å². The molecule has 1 aromatic carbocycles. The van der Waals surface area contributed by atoms with Gasteiger partial charge in [-0.1, -0.05) is 29.3 Å². The molecule has 2 rings (SSSR count). The largest absolute Gasteiger partial charge is 0.357 e. The first-order valence-corrected chi connectivity index (χ1v) is 5.61. The van der Waals surface area contributed by atoms with E-state index in [1.54, 1.807) is 13.2 Å². The summed E-state index contributed by atoms with van der Waals surface area (Å²) in [5.41, 5.74) is 2.15. The maximum atomic E-state index is 6.02. The molecule has 1 heterocycles. The highest BCUT2D eigenvalue weighted by Gasteiger charge is 2.04. The van der Waals surface area contributed by atoms with Crippen molar-refractivity contribution in [3.05, 3.63) is 41.0 Å². The van der Waals surface area contributed by atoms with Crippen molar-refractivity contribution in [1.82, 2.24) is 9.97 Å². The lowest BCUT2D eigenvalue weighted by Gasteiger charge is -2.08. The van der Waals surface area contributed by atoms with Gasteiger partial charge in [-0.2, -0.15) is 4.98 Å². The minimum Gasteiger partial charge on any atom is -0.357 e. The molecule has 4 nitrogen and oxygen atoms in total. The standard InChI is InChI=1S/C12H13ClN4/c1-8-3-5-9(6-4-8)16-11-10(13)7-15-12(14-2)17-11/h3-7H,1-2H3,(H2,14,15,16,17). The van der Waals surface area contributed by atoms with E-state index in [-0.39, 0.29) is 0 Å². The Morgan fingerprint density at radius 1 is 1.18 bits per heavy atom. The Labute approximate surface area is 105 Å². The molecule has 0 fully saturated rings. The molecule has 0 saturated carbocycles. The molecule has 0 aliphatic carbocycles. The van der Waals surface area contributed by atoms with Crippen molar-refractivity contribution < 1.29 is 0 Å². The molecule has 0 amide bonds. The zero-order valence-corrected chi connectivity index (χ0v) is 10.4. The molecule has 0 aliphatic heterocycles. The number of rotatable bonds is 3. The van der Waals surface area contributed by atoms with Crippen molar-refractivity contribution in [3.8, 4) is 0 Å². The van der Waals surface area contributed by atoms with Gasteiger partial charge in [-0.15, -0.1) is 0 Å². The second kappa shape index (κ2) is 5.01. The van der Waals surface area contributed by atoms with Crippen LogP contribution in [-0.2, 0) is 0 Å². The Morgan fingerprint density at radius 2 is 1.88 bits per heavy atom. The van der Waals surface area contributed by atoms with Crippen molar-refractivity contribution >= 4 is 29.1 Å². The van der Waals surface area contributed by atoms with Crippen LogP contribution in [0.2, 0.25) is 5.02 Å². The summed E-state index contributed by atoms with van der Waals surface area (Å²) >= 11 is 6.02. The van der Waals surface area contributed by atoms with Crippen LogP contribution in [0.25, 0.3) is 0 Å². The third-order valence-electron chi connectivity index (χ3n) is 2.28. The summed E-state index contributed by atoms with van der Waals surface area (Å²) in [5.74, 6) is 1.12. The summed E-state index contributed by atoms with van der Waals surface area (Å²) in [5, 5.41) is 6.51. The number of aryl methyl sites for hydroxylation is 1. The Kier molecular flexibility index (Phi) is 3.44. The molecule has 88 valence electrons. The average molecular weight is 249 g/mol. The highest BCUT2D eigenvalue weighted by molar-refractivity contribution is 6.32. The molecule has 0 radical (unpaired) electrons. The summed E-state index contributed by atoms with van der Waals surface area (Å²) in [4.78, 5) is 8.26. The second-order valence-electron chi connectivity index (χ2n) is 3.63. The maximum absolute atomic E-state index is 6.02. The lowest BCUT2D eigenvalue weighted by Crippen LogP contribution is -2.00. The third kappa shape index (κ3) is 2.85. The van der Waals surface area contributed by atoms with Crippen molar-refractivity contribution in [2.24, 2.45) is 0 Å². The lowest BCUT2D eigenvalue weighted by atomic mass is 10.2. The van der Waals surface area contributed by atoms with E-state index in [0.29, 0.717) is 16.8 Å². The molecule has 5 heteroatoms. The number of hydrogen-bond donors (Lipinski definition) is 2. The fourth-order valence-electron chi connectivity index (χ4n) is 1.35. The van der Waals surface area contributed by atoms with Crippen molar-refractivity contribution in [1.29, 1.82) is 0 Å². The maximum Gasteiger partial charge on any atom is 0.224 e. The lowest BCUT2D eigenvalue weighted by molar-refractivity contribution is 1.15. The highest BCUT2D eigenvalue weighted by atomic mass is 35.5. The van der Waals surface area contributed by atoms with E-state index < -0.39 is 0 Å². The van der Waals surface area contributed by atoms with Crippen LogP contribution in [0.3, 0.4) is 0 Å². The first-order chi connectivity index (χ1) is 8.19. The molecular formula is C12H13ClN4. The average Bonchev–Trinajstić information content (AvgIpc) is 2.35. The fraction of sp³-hybridized carbons (Fsp3) is 0.167. The van der Waals surface area contributed by atoms with Gasteiger partial charge in [0.1, 0.15) is 5.02 Å². The third-order valence-corrected chi connectivity index (χ3v) is 2.56. The van der Waals surface area contributed by atoms with Gasteiger partial charge in [-0.05, 0) is 19.1 Å². The second-order valence-corrected chi connectivity index (χ2v) is 4.04. The molecule has 0 saturated heterocycles. The minimum absolute atomic E-state index is 0.490. The summed E-state index contributed by atoms with van der Waals surface area (Å²) in [7, 11) is 1.76. The van der Waals surface area contributed by atoms with Crippen LogP contribution in [0, 0.1) is 6.92 Å². The number of hydrogen-bond acceptors (Lipinski definition) is 4. The predicted octanol–water partition coefficient (Wildman–Crippen LogP) is 3.22. The van der Waals surface area contributed by atoms with Gasteiger partial charge in [0, 0.05) is 12.7 Å². The van der Waals surface area contributed by atoms with Gasteiger partial charge in [-0.3, -0.25) is 0 Å². The van der Waals surface area contributed by atoms with E-state index in [9.17, 15) is 0 Å². The summed E-state index contributed by atoms with van der Waals surface area (Å²) < 4.78 is 0. The van der Waals surface area contributed by atoms with Crippen LogP contribution in [0.4, 0.5) is 17.5 Å². The van der Waals surface area contributed by atoms with E-state index in [4.69, 9.17) is 11.6 Å². The molecular weight excluding hydrogens is 236 g/mol. The van der Waals surface area contributed by atoms with Crippen LogP contribution in [0.15, 0.2) is 30.5 Å². The first kappa shape index (κ1) is 11.7. The molecule has 2 N–H and O–H groups in total. The first-order valence-electron chi connectivity index (χ1n) is 5.23. The minimum atomic E-state index is 0.490. The van der Waals surface area contributed by atoms with Crippen LogP contribution < -0.4 is 10.6 Å². The summed E-state index contributed by atoms with van der Waals surface area (Å²) in [6, 6.07) is 8.01. The van der Waals surface area contributed by atoms with Gasteiger partial charge < -0.3 is 10.6 Å². The van der Waals surface area contributed by atoms with Gasteiger partial charge >= 0.3 is 0 Å². The topological polar surface area (TPSA) is 49.8 Å². The monoisotopic (exact) mass is 248 g/mol. The summed E-state index contributed by atoms with van der Waals surface area (Å²) in [6.45, 7) is 2.04. The number of nitrogens with one attached hydrogen (secondary N) is 2. The normalized spacial score (nSPS) is 10.1. The van der Waals surface area contributed by atoms with Crippen LogP contribution >= 0.6 is 11.6 Å².